The van der Waals surface area contributed by atoms with Crippen LogP contribution in [-0.2, 0) is 0 Å². The first kappa shape index (κ1) is 26.7. The number of benzene rings is 7. The molecule has 0 saturated heterocycles. The second kappa shape index (κ2) is 11.3. The maximum absolute atomic E-state index is 3.61. The molecule has 0 aliphatic heterocycles. The van der Waals surface area contributed by atoms with Crippen LogP contribution in [0.1, 0.15) is 5.56 Å². The van der Waals surface area contributed by atoms with Crippen molar-refractivity contribution in [3.8, 4) is 39.1 Å². The second-order valence-electron chi connectivity index (χ2n) is 11.6. The highest BCUT2D eigenvalue weighted by molar-refractivity contribution is 6.10. The Bertz CT molecular complexity index is 2300. The van der Waals surface area contributed by atoms with Crippen molar-refractivity contribution >= 4 is 33.2 Å². The van der Waals surface area contributed by atoms with E-state index >= 15 is 0 Å². The molecule has 45 heavy (non-hydrogen) atoms. The first-order chi connectivity index (χ1) is 22.2. The van der Waals surface area contributed by atoms with Crippen molar-refractivity contribution in [1.82, 2.24) is 4.57 Å². The highest BCUT2D eigenvalue weighted by Crippen LogP contribution is 2.38. The normalized spacial score (nSPS) is 11.2. The number of nitrogens with one attached hydrogen (secondary N) is 1. The lowest BCUT2D eigenvalue weighted by molar-refractivity contribution is 1.18. The molecule has 0 radical (unpaired) electrons. The lowest BCUT2D eigenvalue weighted by Crippen LogP contribution is -1.95. The van der Waals surface area contributed by atoms with Crippen LogP contribution < -0.4 is 5.32 Å². The van der Waals surface area contributed by atoms with Gasteiger partial charge in [-0.15, -0.1) is 0 Å². The molecule has 1 N–H and O–H groups in total. The van der Waals surface area contributed by atoms with Crippen molar-refractivity contribution < 1.29 is 0 Å². The Morgan fingerprint density at radius 2 is 1.07 bits per heavy atom. The Morgan fingerprint density at radius 3 is 1.91 bits per heavy atom. The first-order valence-corrected chi connectivity index (χ1v) is 15.4. The molecule has 8 aromatic rings. The van der Waals surface area contributed by atoms with E-state index in [0.717, 1.165) is 17.1 Å². The van der Waals surface area contributed by atoms with Crippen LogP contribution >= 0.6 is 0 Å². The number of nitrogens with zero attached hydrogens (tertiary/aromatic N) is 1. The quantitative estimate of drug-likeness (QED) is 0.208. The topological polar surface area (TPSA) is 17.0 Å². The van der Waals surface area contributed by atoms with Gasteiger partial charge in [0.25, 0.3) is 0 Å². The summed E-state index contributed by atoms with van der Waals surface area (Å²) in [6.07, 6.45) is 0. The van der Waals surface area contributed by atoms with Crippen molar-refractivity contribution in [2.75, 3.05) is 5.32 Å². The van der Waals surface area contributed by atoms with Crippen molar-refractivity contribution in [2.45, 2.75) is 6.92 Å². The van der Waals surface area contributed by atoms with Crippen LogP contribution in [-0.4, -0.2) is 4.57 Å². The van der Waals surface area contributed by atoms with Gasteiger partial charge in [-0.3, -0.25) is 0 Å². The van der Waals surface area contributed by atoms with Crippen LogP contribution in [0.3, 0.4) is 0 Å². The molecule has 0 unspecified atom stereocenters. The average molecular weight is 577 g/mol. The van der Waals surface area contributed by atoms with E-state index in [1.54, 1.807) is 0 Å². The fraction of sp³-hybridized carbons (Fsp3) is 0.0233. The van der Waals surface area contributed by atoms with Gasteiger partial charge in [0.2, 0.25) is 0 Å². The lowest BCUT2D eigenvalue weighted by Gasteiger charge is -2.15. The number of rotatable bonds is 6. The van der Waals surface area contributed by atoms with Gasteiger partial charge in [0.05, 0.1) is 11.0 Å². The van der Waals surface area contributed by atoms with Crippen molar-refractivity contribution in [1.29, 1.82) is 0 Å². The van der Waals surface area contributed by atoms with Gasteiger partial charge >= 0.3 is 0 Å². The average Bonchev–Trinajstić information content (AvgIpc) is 3.43. The molecule has 1 aromatic heterocycles. The third kappa shape index (κ3) is 4.97. The highest BCUT2D eigenvalue weighted by atomic mass is 15.0. The summed E-state index contributed by atoms with van der Waals surface area (Å²) in [6, 6.07) is 60.8. The molecule has 2 nitrogen and oxygen atoms in total. The number of para-hydroxylation sites is 3. The molecule has 1 heterocycles. The minimum atomic E-state index is 1.08. The highest BCUT2D eigenvalue weighted by Gasteiger charge is 2.15. The van der Waals surface area contributed by atoms with E-state index in [-0.39, 0.29) is 0 Å². The monoisotopic (exact) mass is 576 g/mol. The SMILES string of the molecule is Cc1cc(-c2ccc3c4ccccc4n(-c4cccc(-c5ccccc5)c4)c3c2)ccc1-c1ccccc1Nc1ccccc1. The van der Waals surface area contributed by atoms with Crippen LogP contribution in [0.4, 0.5) is 11.4 Å². The summed E-state index contributed by atoms with van der Waals surface area (Å²) in [5.74, 6) is 0. The van der Waals surface area contributed by atoms with E-state index in [1.165, 1.54) is 60.8 Å². The summed E-state index contributed by atoms with van der Waals surface area (Å²) in [5, 5.41) is 6.13. The lowest BCUT2D eigenvalue weighted by atomic mass is 9.94. The second-order valence-corrected chi connectivity index (χ2v) is 11.6. The molecule has 0 spiro atoms. The molecule has 2 heteroatoms. The number of aromatic nitrogens is 1. The first-order valence-electron chi connectivity index (χ1n) is 15.4. The summed E-state index contributed by atoms with van der Waals surface area (Å²) in [6.45, 7) is 2.21. The minimum absolute atomic E-state index is 1.08. The fourth-order valence-corrected chi connectivity index (χ4v) is 6.53. The summed E-state index contributed by atoms with van der Waals surface area (Å²) >= 11 is 0. The maximum Gasteiger partial charge on any atom is 0.0547 e. The third-order valence-corrected chi connectivity index (χ3v) is 8.72. The predicted molar refractivity (Wildman–Crippen MR) is 192 cm³/mol. The molecule has 0 bridgehead atoms. The largest absolute Gasteiger partial charge is 0.355 e. The number of anilines is 2. The molecule has 8 rings (SSSR count). The summed E-state index contributed by atoms with van der Waals surface area (Å²) in [5.41, 5.74) is 14.3. The van der Waals surface area contributed by atoms with Gasteiger partial charge in [-0.2, -0.15) is 0 Å². The Labute approximate surface area is 263 Å². The van der Waals surface area contributed by atoms with Gasteiger partial charge in [0.15, 0.2) is 0 Å². The molecule has 0 saturated carbocycles. The van der Waals surface area contributed by atoms with Gasteiger partial charge in [0.1, 0.15) is 0 Å². The molecule has 0 aliphatic rings. The van der Waals surface area contributed by atoms with E-state index in [4.69, 9.17) is 0 Å². The molecule has 0 aliphatic carbocycles. The number of aryl methyl sites for hydroxylation is 1. The van der Waals surface area contributed by atoms with Crippen molar-refractivity contribution in [3.63, 3.8) is 0 Å². The van der Waals surface area contributed by atoms with Crippen LogP contribution in [0, 0.1) is 6.92 Å². The van der Waals surface area contributed by atoms with E-state index in [1.807, 2.05) is 6.07 Å². The van der Waals surface area contributed by atoms with Gasteiger partial charge in [0, 0.05) is 33.4 Å². The van der Waals surface area contributed by atoms with Crippen molar-refractivity contribution in [2.24, 2.45) is 0 Å². The molecule has 0 amide bonds. The predicted octanol–water partition coefficient (Wildman–Crippen LogP) is 11.8. The zero-order valence-corrected chi connectivity index (χ0v) is 25.1. The van der Waals surface area contributed by atoms with Gasteiger partial charge in [-0.1, -0.05) is 127 Å². The van der Waals surface area contributed by atoms with Gasteiger partial charge < -0.3 is 9.88 Å². The standard InChI is InChI=1S/C43H32N2/c1-30-27-33(23-25-37(30)38-19-8-10-21-41(38)44-35-16-6-3-7-17-35)34-24-26-40-39-20-9-11-22-42(39)45(43(40)29-34)36-18-12-15-32(28-36)31-13-4-2-5-14-31/h2-29,44H,1H3. The van der Waals surface area contributed by atoms with Crippen LogP contribution in [0.5, 0.6) is 0 Å². The summed E-state index contributed by atoms with van der Waals surface area (Å²) in [4.78, 5) is 0. The van der Waals surface area contributed by atoms with E-state index in [0.29, 0.717) is 0 Å². The molecule has 214 valence electrons. The van der Waals surface area contributed by atoms with Crippen LogP contribution in [0.2, 0.25) is 0 Å². The Balaban J connectivity index is 1.22. The van der Waals surface area contributed by atoms with Gasteiger partial charge in [-0.25, -0.2) is 0 Å². The van der Waals surface area contributed by atoms with E-state index in [9.17, 15) is 0 Å². The van der Waals surface area contributed by atoms with Gasteiger partial charge in [-0.05, 0) is 82.8 Å². The summed E-state index contributed by atoms with van der Waals surface area (Å²) in [7, 11) is 0. The zero-order chi connectivity index (χ0) is 30.2. The van der Waals surface area contributed by atoms with Crippen LogP contribution in [0.15, 0.2) is 170 Å². The van der Waals surface area contributed by atoms with Crippen molar-refractivity contribution in [3.05, 3.63) is 175 Å². The van der Waals surface area contributed by atoms with E-state index in [2.05, 4.69) is 181 Å². The van der Waals surface area contributed by atoms with Crippen LogP contribution in [0.25, 0.3) is 60.9 Å². The number of fused-ring (bicyclic) bond motifs is 3. The smallest absolute Gasteiger partial charge is 0.0547 e. The molecule has 0 atom stereocenters. The third-order valence-electron chi connectivity index (χ3n) is 8.72. The number of hydrogen-bond acceptors (Lipinski definition) is 1. The zero-order valence-electron chi connectivity index (χ0n) is 25.1. The molecular weight excluding hydrogens is 544 g/mol. The Morgan fingerprint density at radius 1 is 0.422 bits per heavy atom. The fourth-order valence-electron chi connectivity index (χ4n) is 6.53. The minimum Gasteiger partial charge on any atom is -0.355 e. The molecule has 0 fully saturated rings. The molecule has 7 aromatic carbocycles. The number of hydrogen-bond donors (Lipinski definition) is 1. The Kier molecular flexibility index (Phi) is 6.73. The maximum atomic E-state index is 3.61. The summed E-state index contributed by atoms with van der Waals surface area (Å²) < 4.78 is 2.41. The van der Waals surface area contributed by atoms with E-state index < -0.39 is 0 Å². The Hall–Kier alpha value is -5.86. The molecular formula is C43H32N2.